The number of rotatable bonds is 3. The van der Waals surface area contributed by atoms with Crippen molar-refractivity contribution in [1.29, 1.82) is 0 Å². The van der Waals surface area contributed by atoms with Gasteiger partial charge in [0.15, 0.2) is 5.13 Å². The van der Waals surface area contributed by atoms with Gasteiger partial charge >= 0.3 is 0 Å². The maximum Gasteiger partial charge on any atom is 0.185 e. The average molecular weight is 240 g/mol. The summed E-state index contributed by atoms with van der Waals surface area (Å²) in [5.74, 6) is 0.883. The molecule has 2 rings (SSSR count). The fraction of sp³-hybridized carbons (Fsp3) is 0.750. The summed E-state index contributed by atoms with van der Waals surface area (Å²) in [4.78, 5) is 7.60. The number of aliphatic hydroxyl groups is 1. The first-order chi connectivity index (χ1) is 7.70. The zero-order valence-corrected chi connectivity index (χ0v) is 10.8. The molecule has 4 heteroatoms. The molecule has 0 amide bonds. The highest BCUT2D eigenvalue weighted by atomic mass is 32.1. The van der Waals surface area contributed by atoms with Crippen molar-refractivity contribution in [3.8, 4) is 0 Å². The average Bonchev–Trinajstić information content (AvgIpc) is 2.77. The summed E-state index contributed by atoms with van der Waals surface area (Å²) >= 11 is 1.60. The van der Waals surface area contributed by atoms with Crippen molar-refractivity contribution in [3.05, 3.63) is 11.1 Å². The topological polar surface area (TPSA) is 36.4 Å². The van der Waals surface area contributed by atoms with Crippen molar-refractivity contribution in [2.75, 3.05) is 11.9 Å². The van der Waals surface area contributed by atoms with E-state index in [2.05, 4.69) is 23.9 Å². The third-order valence-corrected chi connectivity index (χ3v) is 4.60. The molecule has 0 saturated heterocycles. The van der Waals surface area contributed by atoms with Crippen molar-refractivity contribution >= 4 is 16.5 Å². The van der Waals surface area contributed by atoms with E-state index in [1.807, 2.05) is 0 Å². The molecule has 1 N–H and O–H groups in total. The number of aliphatic hydroxyl groups excluding tert-OH is 1. The quantitative estimate of drug-likeness (QED) is 0.882. The molecule has 0 bridgehead atoms. The van der Waals surface area contributed by atoms with Crippen LogP contribution in [0, 0.1) is 5.92 Å². The molecule has 90 valence electrons. The molecule has 0 atom stereocenters. The van der Waals surface area contributed by atoms with Crippen LogP contribution in [0.25, 0.3) is 0 Å². The molecule has 3 nitrogen and oxygen atoms in total. The van der Waals surface area contributed by atoms with Crippen molar-refractivity contribution in [3.63, 3.8) is 0 Å². The van der Waals surface area contributed by atoms with E-state index >= 15 is 0 Å². The standard InChI is InChI=1S/C12H20N2OS/c1-9-3-5-10(6-4-9)14(2)12-13-7-11(8-15)16-12/h7,9-10,15H,3-6,8H2,1-2H3. The monoisotopic (exact) mass is 240 g/mol. The molecule has 1 aliphatic rings. The molecule has 16 heavy (non-hydrogen) atoms. The lowest BCUT2D eigenvalue weighted by Crippen LogP contribution is -2.34. The van der Waals surface area contributed by atoms with Crippen LogP contribution in [-0.2, 0) is 6.61 Å². The summed E-state index contributed by atoms with van der Waals surface area (Å²) < 4.78 is 0. The minimum atomic E-state index is 0.104. The van der Waals surface area contributed by atoms with Crippen LogP contribution < -0.4 is 4.90 Å². The van der Waals surface area contributed by atoms with Gasteiger partial charge in [0.25, 0.3) is 0 Å². The Morgan fingerprint density at radius 3 is 2.69 bits per heavy atom. The Morgan fingerprint density at radius 1 is 1.44 bits per heavy atom. The summed E-state index contributed by atoms with van der Waals surface area (Å²) in [6, 6.07) is 0.633. The van der Waals surface area contributed by atoms with Gasteiger partial charge < -0.3 is 10.0 Å². The highest BCUT2D eigenvalue weighted by Gasteiger charge is 2.23. The molecule has 1 aromatic heterocycles. The molecule has 1 fully saturated rings. The lowest BCUT2D eigenvalue weighted by atomic mass is 9.87. The Bertz CT molecular complexity index is 332. The fourth-order valence-corrected chi connectivity index (χ4v) is 3.12. The Hall–Kier alpha value is -0.610. The minimum absolute atomic E-state index is 0.104. The zero-order chi connectivity index (χ0) is 11.5. The normalized spacial score (nSPS) is 25.7. The van der Waals surface area contributed by atoms with E-state index in [1.54, 1.807) is 17.5 Å². The second kappa shape index (κ2) is 5.15. The Kier molecular flexibility index (Phi) is 3.82. The van der Waals surface area contributed by atoms with E-state index in [4.69, 9.17) is 5.11 Å². The number of aromatic nitrogens is 1. The summed E-state index contributed by atoms with van der Waals surface area (Å²) in [6.07, 6.45) is 6.97. The molecule has 0 radical (unpaired) electrons. The SMILES string of the molecule is CC1CCC(N(C)c2ncc(CO)s2)CC1. The van der Waals surface area contributed by atoms with Crippen LogP contribution in [0.3, 0.4) is 0 Å². The van der Waals surface area contributed by atoms with E-state index < -0.39 is 0 Å². The number of anilines is 1. The predicted octanol–water partition coefficient (Wildman–Crippen LogP) is 2.65. The summed E-state index contributed by atoms with van der Waals surface area (Å²) in [5, 5.41) is 10.1. The van der Waals surface area contributed by atoms with Crippen LogP contribution in [0.15, 0.2) is 6.20 Å². The second-order valence-electron chi connectivity index (χ2n) is 4.79. The molecule has 0 unspecified atom stereocenters. The predicted molar refractivity (Wildman–Crippen MR) is 67.9 cm³/mol. The van der Waals surface area contributed by atoms with Gasteiger partial charge in [0.05, 0.1) is 11.5 Å². The van der Waals surface area contributed by atoms with Crippen molar-refractivity contribution in [1.82, 2.24) is 4.98 Å². The maximum atomic E-state index is 9.03. The number of thiazole rings is 1. The van der Waals surface area contributed by atoms with Gasteiger partial charge in [-0.1, -0.05) is 18.3 Å². The van der Waals surface area contributed by atoms with Gasteiger partial charge in [0, 0.05) is 19.3 Å². The van der Waals surface area contributed by atoms with Gasteiger partial charge in [0.1, 0.15) is 0 Å². The zero-order valence-electron chi connectivity index (χ0n) is 10.0. The van der Waals surface area contributed by atoms with Crippen LogP contribution in [0.2, 0.25) is 0 Å². The molecular formula is C12H20N2OS. The van der Waals surface area contributed by atoms with Crippen molar-refractivity contribution in [2.24, 2.45) is 5.92 Å². The number of hydrogen-bond donors (Lipinski definition) is 1. The Morgan fingerprint density at radius 2 is 2.12 bits per heavy atom. The summed E-state index contributed by atoms with van der Waals surface area (Å²) in [5.41, 5.74) is 0. The van der Waals surface area contributed by atoms with Crippen LogP contribution in [0.1, 0.15) is 37.5 Å². The smallest absolute Gasteiger partial charge is 0.185 e. The van der Waals surface area contributed by atoms with Crippen molar-refractivity contribution < 1.29 is 5.11 Å². The lowest BCUT2D eigenvalue weighted by molar-refractivity contribution is 0.285. The van der Waals surface area contributed by atoms with Crippen LogP contribution in [0.4, 0.5) is 5.13 Å². The summed E-state index contributed by atoms with van der Waals surface area (Å²) in [6.45, 7) is 2.44. The molecule has 0 aromatic carbocycles. The van der Waals surface area contributed by atoms with E-state index in [1.165, 1.54) is 25.7 Å². The Labute approximate surface area is 101 Å². The number of hydrogen-bond acceptors (Lipinski definition) is 4. The van der Waals surface area contributed by atoms with E-state index in [0.717, 1.165) is 15.9 Å². The first kappa shape index (κ1) is 11.9. The van der Waals surface area contributed by atoms with Gasteiger partial charge in [-0.15, -0.1) is 0 Å². The van der Waals surface area contributed by atoms with Gasteiger partial charge in [-0.2, -0.15) is 0 Å². The van der Waals surface area contributed by atoms with E-state index in [9.17, 15) is 0 Å². The van der Waals surface area contributed by atoms with Gasteiger partial charge in [-0.05, 0) is 31.6 Å². The largest absolute Gasteiger partial charge is 0.391 e. The van der Waals surface area contributed by atoms with Crippen LogP contribution >= 0.6 is 11.3 Å². The van der Waals surface area contributed by atoms with Gasteiger partial charge in [-0.3, -0.25) is 0 Å². The summed E-state index contributed by atoms with van der Waals surface area (Å²) in [7, 11) is 2.13. The van der Waals surface area contributed by atoms with E-state index in [0.29, 0.717) is 6.04 Å². The molecule has 0 spiro atoms. The van der Waals surface area contributed by atoms with Gasteiger partial charge in [-0.25, -0.2) is 4.98 Å². The lowest BCUT2D eigenvalue weighted by Gasteiger charge is -2.33. The highest BCUT2D eigenvalue weighted by Crippen LogP contribution is 2.31. The van der Waals surface area contributed by atoms with Crippen molar-refractivity contribution in [2.45, 2.75) is 45.3 Å². The molecule has 1 saturated carbocycles. The number of nitrogens with zero attached hydrogens (tertiary/aromatic N) is 2. The first-order valence-corrected chi connectivity index (χ1v) is 6.80. The van der Waals surface area contributed by atoms with E-state index in [-0.39, 0.29) is 6.61 Å². The molecule has 1 aromatic rings. The molecular weight excluding hydrogens is 220 g/mol. The van der Waals surface area contributed by atoms with Gasteiger partial charge in [0.2, 0.25) is 0 Å². The third-order valence-electron chi connectivity index (χ3n) is 3.53. The maximum absolute atomic E-state index is 9.03. The molecule has 0 aliphatic heterocycles. The molecule has 1 aliphatic carbocycles. The fourth-order valence-electron chi connectivity index (χ4n) is 2.32. The van der Waals surface area contributed by atoms with Crippen LogP contribution in [-0.4, -0.2) is 23.2 Å². The van der Waals surface area contributed by atoms with Crippen LogP contribution in [0.5, 0.6) is 0 Å². The minimum Gasteiger partial charge on any atom is -0.391 e. The second-order valence-corrected chi connectivity index (χ2v) is 5.89. The Balaban J connectivity index is 1.98. The first-order valence-electron chi connectivity index (χ1n) is 5.99. The molecule has 1 heterocycles. The third kappa shape index (κ3) is 2.55. The highest BCUT2D eigenvalue weighted by molar-refractivity contribution is 7.15.